The first-order valence-electron chi connectivity index (χ1n) is 6.55. The molecule has 0 bridgehead atoms. The Hall–Kier alpha value is -1.26. The van der Waals surface area contributed by atoms with Gasteiger partial charge in [0.2, 0.25) is 5.91 Å². The summed E-state index contributed by atoms with van der Waals surface area (Å²) in [7, 11) is 0. The molecule has 96 valence electrons. The zero-order valence-corrected chi connectivity index (χ0v) is 10.2. The summed E-state index contributed by atoms with van der Waals surface area (Å²) in [6, 6.07) is -0.383. The maximum absolute atomic E-state index is 12.3. The monoisotopic (exact) mass is 239 g/mol. The Bertz CT molecular complexity index is 300. The summed E-state index contributed by atoms with van der Waals surface area (Å²) >= 11 is 0. The van der Waals surface area contributed by atoms with E-state index in [9.17, 15) is 9.59 Å². The second-order valence-electron chi connectivity index (χ2n) is 4.94. The number of urea groups is 1. The van der Waals surface area contributed by atoms with Crippen LogP contribution >= 0.6 is 0 Å². The van der Waals surface area contributed by atoms with Crippen LogP contribution in [0.3, 0.4) is 0 Å². The summed E-state index contributed by atoms with van der Waals surface area (Å²) < 4.78 is 0. The molecule has 2 heterocycles. The van der Waals surface area contributed by atoms with Gasteiger partial charge < -0.3 is 15.5 Å². The number of hydrogen-bond donors (Lipinski definition) is 1. The molecular formula is C12H21N3O2. The average Bonchev–Trinajstić information content (AvgIpc) is 2.39. The number of likely N-dealkylation sites (tertiary alicyclic amines) is 2. The highest BCUT2D eigenvalue weighted by Gasteiger charge is 2.33. The van der Waals surface area contributed by atoms with E-state index in [4.69, 9.17) is 5.73 Å². The van der Waals surface area contributed by atoms with Crippen molar-refractivity contribution in [2.24, 2.45) is 5.73 Å². The van der Waals surface area contributed by atoms with Crippen LogP contribution in [0, 0.1) is 0 Å². The van der Waals surface area contributed by atoms with Gasteiger partial charge >= 0.3 is 6.03 Å². The molecule has 0 aromatic heterocycles. The molecule has 2 saturated heterocycles. The smallest absolute Gasteiger partial charge is 0.320 e. The van der Waals surface area contributed by atoms with Crippen LogP contribution in [0.25, 0.3) is 0 Å². The molecule has 2 N–H and O–H groups in total. The number of rotatable bonds is 1. The zero-order valence-electron chi connectivity index (χ0n) is 10.2. The predicted molar refractivity (Wildman–Crippen MR) is 64.4 cm³/mol. The SMILES string of the molecule is NC(=O)C1CCCCN1C(=O)N1CCCCC1. The highest BCUT2D eigenvalue weighted by atomic mass is 16.2. The van der Waals surface area contributed by atoms with Gasteiger partial charge in [-0.2, -0.15) is 0 Å². The Morgan fingerprint density at radius 2 is 1.59 bits per heavy atom. The van der Waals surface area contributed by atoms with E-state index in [1.54, 1.807) is 4.90 Å². The fourth-order valence-corrected chi connectivity index (χ4v) is 2.72. The Kier molecular flexibility index (Phi) is 3.86. The Morgan fingerprint density at radius 1 is 0.941 bits per heavy atom. The average molecular weight is 239 g/mol. The first-order chi connectivity index (χ1) is 8.20. The van der Waals surface area contributed by atoms with Crippen LogP contribution in [0.15, 0.2) is 0 Å². The van der Waals surface area contributed by atoms with Gasteiger partial charge in [-0.1, -0.05) is 0 Å². The Labute approximate surface area is 102 Å². The zero-order chi connectivity index (χ0) is 12.3. The van der Waals surface area contributed by atoms with Crippen molar-refractivity contribution in [1.82, 2.24) is 9.80 Å². The number of carbonyl (C=O) groups is 2. The first kappa shape index (κ1) is 12.2. The summed E-state index contributed by atoms with van der Waals surface area (Å²) in [6.07, 6.45) is 6.01. The largest absolute Gasteiger partial charge is 0.368 e. The summed E-state index contributed by atoms with van der Waals surface area (Å²) in [5.41, 5.74) is 5.37. The fraction of sp³-hybridized carbons (Fsp3) is 0.833. The van der Waals surface area contributed by atoms with Gasteiger partial charge in [0, 0.05) is 19.6 Å². The van der Waals surface area contributed by atoms with Crippen LogP contribution in [-0.2, 0) is 4.79 Å². The second-order valence-corrected chi connectivity index (χ2v) is 4.94. The number of hydrogen-bond acceptors (Lipinski definition) is 2. The van der Waals surface area contributed by atoms with Crippen molar-refractivity contribution in [2.75, 3.05) is 19.6 Å². The second kappa shape index (κ2) is 5.38. The van der Waals surface area contributed by atoms with Crippen molar-refractivity contribution >= 4 is 11.9 Å². The summed E-state index contributed by atoms with van der Waals surface area (Å²) in [5.74, 6) is -0.366. The minimum Gasteiger partial charge on any atom is -0.368 e. The van der Waals surface area contributed by atoms with Gasteiger partial charge in [0.25, 0.3) is 0 Å². The van der Waals surface area contributed by atoms with Crippen LogP contribution in [0.1, 0.15) is 38.5 Å². The minimum absolute atomic E-state index is 0.00759. The molecule has 2 aliphatic heterocycles. The number of amides is 3. The molecule has 0 saturated carbocycles. The van der Waals surface area contributed by atoms with Gasteiger partial charge in [0.15, 0.2) is 0 Å². The molecule has 5 nitrogen and oxygen atoms in total. The number of primary amides is 1. The molecule has 17 heavy (non-hydrogen) atoms. The maximum Gasteiger partial charge on any atom is 0.320 e. The molecular weight excluding hydrogens is 218 g/mol. The highest BCUT2D eigenvalue weighted by Crippen LogP contribution is 2.20. The molecule has 3 amide bonds. The van der Waals surface area contributed by atoms with E-state index in [-0.39, 0.29) is 11.9 Å². The van der Waals surface area contributed by atoms with Gasteiger partial charge in [-0.05, 0) is 38.5 Å². The van der Waals surface area contributed by atoms with Crippen LogP contribution in [0.4, 0.5) is 4.79 Å². The third-order valence-electron chi connectivity index (χ3n) is 3.70. The van der Waals surface area contributed by atoms with E-state index in [1.165, 1.54) is 6.42 Å². The highest BCUT2D eigenvalue weighted by molar-refractivity contribution is 5.86. The van der Waals surface area contributed by atoms with Gasteiger partial charge in [0.1, 0.15) is 6.04 Å². The third-order valence-corrected chi connectivity index (χ3v) is 3.70. The number of nitrogens with two attached hydrogens (primary N) is 1. The van der Waals surface area contributed by atoms with Gasteiger partial charge in [0.05, 0.1) is 0 Å². The first-order valence-corrected chi connectivity index (χ1v) is 6.55. The Morgan fingerprint density at radius 3 is 2.24 bits per heavy atom. The van der Waals surface area contributed by atoms with E-state index in [1.807, 2.05) is 4.90 Å². The molecule has 0 aliphatic carbocycles. The predicted octanol–water partition coefficient (Wildman–Crippen LogP) is 0.932. The summed E-state index contributed by atoms with van der Waals surface area (Å²) in [6.45, 7) is 2.31. The lowest BCUT2D eigenvalue weighted by atomic mass is 10.0. The van der Waals surface area contributed by atoms with Crippen LogP contribution < -0.4 is 5.73 Å². The van der Waals surface area contributed by atoms with Gasteiger partial charge in [-0.25, -0.2) is 4.79 Å². The quantitative estimate of drug-likeness (QED) is 0.739. The maximum atomic E-state index is 12.3. The summed E-state index contributed by atoms with van der Waals surface area (Å²) in [4.78, 5) is 27.2. The van der Waals surface area contributed by atoms with Crippen molar-refractivity contribution in [3.8, 4) is 0 Å². The van der Waals surface area contributed by atoms with Crippen molar-refractivity contribution in [3.05, 3.63) is 0 Å². The molecule has 0 aromatic rings. The fourth-order valence-electron chi connectivity index (χ4n) is 2.72. The molecule has 1 atom stereocenters. The number of nitrogens with zero attached hydrogens (tertiary/aromatic N) is 2. The van der Waals surface area contributed by atoms with Crippen molar-refractivity contribution in [2.45, 2.75) is 44.6 Å². The number of piperidine rings is 2. The van der Waals surface area contributed by atoms with E-state index in [0.29, 0.717) is 6.54 Å². The van der Waals surface area contributed by atoms with Crippen LogP contribution in [0.5, 0.6) is 0 Å². The molecule has 2 aliphatic rings. The molecule has 0 aromatic carbocycles. The molecule has 2 rings (SSSR count). The van der Waals surface area contributed by atoms with Crippen LogP contribution in [-0.4, -0.2) is 47.4 Å². The lowest BCUT2D eigenvalue weighted by molar-refractivity contribution is -0.123. The Balaban J connectivity index is 2.02. The summed E-state index contributed by atoms with van der Waals surface area (Å²) in [5, 5.41) is 0. The van der Waals surface area contributed by atoms with Gasteiger partial charge in [-0.15, -0.1) is 0 Å². The lowest BCUT2D eigenvalue weighted by Crippen LogP contribution is -2.55. The molecule has 2 fully saturated rings. The molecule has 5 heteroatoms. The molecule has 1 unspecified atom stereocenters. The van der Waals surface area contributed by atoms with E-state index in [0.717, 1.165) is 45.2 Å². The molecule has 0 radical (unpaired) electrons. The van der Waals surface area contributed by atoms with Crippen LogP contribution in [0.2, 0.25) is 0 Å². The third kappa shape index (κ3) is 2.70. The van der Waals surface area contributed by atoms with E-state index < -0.39 is 6.04 Å². The van der Waals surface area contributed by atoms with E-state index in [2.05, 4.69) is 0 Å². The van der Waals surface area contributed by atoms with Crippen molar-refractivity contribution in [1.29, 1.82) is 0 Å². The topological polar surface area (TPSA) is 66.6 Å². The van der Waals surface area contributed by atoms with Gasteiger partial charge in [-0.3, -0.25) is 4.79 Å². The minimum atomic E-state index is -0.391. The normalized spacial score (nSPS) is 25.8. The van der Waals surface area contributed by atoms with Crippen molar-refractivity contribution in [3.63, 3.8) is 0 Å². The molecule has 0 spiro atoms. The van der Waals surface area contributed by atoms with E-state index >= 15 is 0 Å². The standard InChI is InChI=1S/C12H21N3O2/c13-11(16)10-6-2-5-9-15(10)12(17)14-7-3-1-4-8-14/h10H,1-9H2,(H2,13,16). The number of carbonyl (C=O) groups excluding carboxylic acids is 2. The van der Waals surface area contributed by atoms with Crippen molar-refractivity contribution < 1.29 is 9.59 Å². The lowest BCUT2D eigenvalue weighted by Gasteiger charge is -2.38.